The number of hydrogen-bond acceptors (Lipinski definition) is 3. The number of nitrogens with zero attached hydrogens (tertiary/aromatic N) is 1. The Bertz CT molecular complexity index is 337. The van der Waals surface area contributed by atoms with Crippen LogP contribution < -0.4 is 11.1 Å². The maximum absolute atomic E-state index is 8.61. The largest absolute Gasteiger partial charge is 0.397 e. The normalized spacial score (nSPS) is 9.69. The van der Waals surface area contributed by atoms with Gasteiger partial charge in [0.05, 0.1) is 23.0 Å². The highest BCUT2D eigenvalue weighted by Gasteiger charge is 2.00. The van der Waals surface area contributed by atoms with E-state index in [0.29, 0.717) is 17.3 Å². The summed E-state index contributed by atoms with van der Waals surface area (Å²) in [6, 6.07) is 7.63. The summed E-state index contributed by atoms with van der Waals surface area (Å²) in [6.45, 7) is 4.08. The van der Waals surface area contributed by atoms with Crippen LogP contribution in [0.25, 0.3) is 0 Å². The number of hydrogen-bond donors (Lipinski definition) is 2. The number of nitrogens with one attached hydrogen (secondary N) is 1. The molecule has 0 saturated heterocycles. The van der Waals surface area contributed by atoms with Gasteiger partial charge in [-0.3, -0.25) is 0 Å². The molecule has 0 fully saturated rings. The molecule has 68 valence electrons. The fourth-order valence-electron chi connectivity index (χ4n) is 1.07. The lowest BCUT2D eigenvalue weighted by atomic mass is 10.2. The zero-order valence-electron chi connectivity index (χ0n) is 7.83. The van der Waals surface area contributed by atoms with Crippen molar-refractivity contribution in [3.05, 3.63) is 23.8 Å². The van der Waals surface area contributed by atoms with E-state index in [4.69, 9.17) is 11.0 Å². The molecule has 1 aromatic rings. The highest BCUT2D eigenvalue weighted by atomic mass is 14.9. The zero-order chi connectivity index (χ0) is 9.84. The number of nitriles is 1. The summed E-state index contributed by atoms with van der Waals surface area (Å²) in [5.41, 5.74) is 7.82. The lowest BCUT2D eigenvalue weighted by Crippen LogP contribution is -2.11. The fraction of sp³-hybridized carbons (Fsp3) is 0.300. The third-order valence-electron chi connectivity index (χ3n) is 1.62. The van der Waals surface area contributed by atoms with E-state index in [1.807, 2.05) is 26.0 Å². The smallest absolute Gasteiger partial charge is 0.0992 e. The topological polar surface area (TPSA) is 61.8 Å². The van der Waals surface area contributed by atoms with Crippen LogP contribution in [-0.4, -0.2) is 6.04 Å². The minimum Gasteiger partial charge on any atom is -0.397 e. The average molecular weight is 175 g/mol. The summed E-state index contributed by atoms with van der Waals surface area (Å²) in [5.74, 6) is 0. The number of anilines is 2. The van der Waals surface area contributed by atoms with Crippen LogP contribution in [0.4, 0.5) is 11.4 Å². The fourth-order valence-corrected chi connectivity index (χ4v) is 1.07. The van der Waals surface area contributed by atoms with Gasteiger partial charge >= 0.3 is 0 Å². The van der Waals surface area contributed by atoms with Crippen LogP contribution in [-0.2, 0) is 0 Å². The minimum atomic E-state index is 0.343. The molecule has 3 N–H and O–H groups in total. The SMILES string of the molecule is CC(C)Nc1ccc(C#N)cc1N. The van der Waals surface area contributed by atoms with Crippen molar-refractivity contribution in [2.45, 2.75) is 19.9 Å². The molecule has 3 nitrogen and oxygen atoms in total. The lowest BCUT2D eigenvalue weighted by Gasteiger charge is -2.12. The van der Waals surface area contributed by atoms with Gasteiger partial charge < -0.3 is 11.1 Å². The Balaban J connectivity index is 2.93. The molecule has 13 heavy (non-hydrogen) atoms. The van der Waals surface area contributed by atoms with Crippen molar-refractivity contribution in [1.82, 2.24) is 0 Å². The van der Waals surface area contributed by atoms with E-state index >= 15 is 0 Å². The molecule has 0 amide bonds. The Kier molecular flexibility index (Phi) is 2.76. The Hall–Kier alpha value is -1.69. The molecule has 0 atom stereocenters. The first-order valence-corrected chi connectivity index (χ1v) is 4.19. The highest BCUT2D eigenvalue weighted by molar-refractivity contribution is 5.68. The Morgan fingerprint density at radius 2 is 2.15 bits per heavy atom. The van der Waals surface area contributed by atoms with E-state index in [2.05, 4.69) is 5.32 Å². The van der Waals surface area contributed by atoms with Crippen LogP contribution in [0.2, 0.25) is 0 Å². The van der Waals surface area contributed by atoms with Crippen LogP contribution in [0.5, 0.6) is 0 Å². The predicted octanol–water partition coefficient (Wildman–Crippen LogP) is 1.96. The maximum Gasteiger partial charge on any atom is 0.0992 e. The van der Waals surface area contributed by atoms with Crippen LogP contribution in [0.15, 0.2) is 18.2 Å². The van der Waals surface area contributed by atoms with Crippen molar-refractivity contribution in [3.8, 4) is 6.07 Å². The van der Waals surface area contributed by atoms with Crippen molar-refractivity contribution >= 4 is 11.4 Å². The second-order valence-corrected chi connectivity index (χ2v) is 3.21. The molecule has 0 radical (unpaired) electrons. The molecule has 1 rings (SSSR count). The number of rotatable bonds is 2. The molecule has 0 bridgehead atoms. The first-order valence-electron chi connectivity index (χ1n) is 4.19. The van der Waals surface area contributed by atoms with E-state index in [-0.39, 0.29) is 0 Å². The van der Waals surface area contributed by atoms with Gasteiger partial charge in [-0.25, -0.2) is 0 Å². The van der Waals surface area contributed by atoms with Crippen LogP contribution in [0.3, 0.4) is 0 Å². The average Bonchev–Trinajstić information content (AvgIpc) is 2.08. The quantitative estimate of drug-likeness (QED) is 0.675. The summed E-state index contributed by atoms with van der Waals surface area (Å²) < 4.78 is 0. The summed E-state index contributed by atoms with van der Waals surface area (Å²) in [4.78, 5) is 0. The van der Waals surface area contributed by atoms with E-state index in [1.165, 1.54) is 0 Å². The van der Waals surface area contributed by atoms with Crippen molar-refractivity contribution in [2.75, 3.05) is 11.1 Å². The molecule has 0 aliphatic rings. The molecule has 3 heteroatoms. The highest BCUT2D eigenvalue weighted by Crippen LogP contribution is 2.19. The zero-order valence-corrected chi connectivity index (χ0v) is 7.83. The first-order chi connectivity index (χ1) is 6.13. The van der Waals surface area contributed by atoms with Gasteiger partial charge in [0, 0.05) is 6.04 Å². The lowest BCUT2D eigenvalue weighted by molar-refractivity contribution is 0.900. The molecule has 0 spiro atoms. The maximum atomic E-state index is 8.61. The van der Waals surface area contributed by atoms with Gasteiger partial charge in [0.15, 0.2) is 0 Å². The van der Waals surface area contributed by atoms with Gasteiger partial charge in [0.1, 0.15) is 0 Å². The van der Waals surface area contributed by atoms with Gasteiger partial charge in [-0.05, 0) is 32.0 Å². The first kappa shape index (κ1) is 9.40. The van der Waals surface area contributed by atoms with Gasteiger partial charge in [-0.1, -0.05) is 0 Å². The minimum absolute atomic E-state index is 0.343. The molecular weight excluding hydrogens is 162 g/mol. The van der Waals surface area contributed by atoms with E-state index in [0.717, 1.165) is 5.69 Å². The Morgan fingerprint density at radius 1 is 1.46 bits per heavy atom. The Labute approximate surface area is 78.2 Å². The van der Waals surface area contributed by atoms with E-state index in [1.54, 1.807) is 12.1 Å². The van der Waals surface area contributed by atoms with Gasteiger partial charge in [-0.15, -0.1) is 0 Å². The number of nitrogen functional groups attached to an aromatic ring is 1. The van der Waals surface area contributed by atoms with Gasteiger partial charge in [0.25, 0.3) is 0 Å². The molecule has 1 aromatic carbocycles. The third kappa shape index (κ3) is 2.38. The molecule has 0 aromatic heterocycles. The molecular formula is C10H13N3. The van der Waals surface area contributed by atoms with Gasteiger partial charge in [-0.2, -0.15) is 5.26 Å². The van der Waals surface area contributed by atoms with Gasteiger partial charge in [0.2, 0.25) is 0 Å². The predicted molar refractivity (Wildman–Crippen MR) is 54.3 cm³/mol. The summed E-state index contributed by atoms with van der Waals surface area (Å²) in [6.07, 6.45) is 0. The van der Waals surface area contributed by atoms with Crippen LogP contribution in [0.1, 0.15) is 19.4 Å². The monoisotopic (exact) mass is 175 g/mol. The van der Waals surface area contributed by atoms with Crippen molar-refractivity contribution in [1.29, 1.82) is 5.26 Å². The molecule has 0 aliphatic heterocycles. The summed E-state index contributed by atoms with van der Waals surface area (Å²) in [5, 5.41) is 11.8. The van der Waals surface area contributed by atoms with Crippen LogP contribution >= 0.6 is 0 Å². The van der Waals surface area contributed by atoms with E-state index in [9.17, 15) is 0 Å². The van der Waals surface area contributed by atoms with E-state index < -0.39 is 0 Å². The molecule has 0 saturated carbocycles. The molecule has 0 unspecified atom stereocenters. The number of nitrogens with two attached hydrogens (primary N) is 1. The number of benzene rings is 1. The van der Waals surface area contributed by atoms with Crippen molar-refractivity contribution in [3.63, 3.8) is 0 Å². The molecule has 0 heterocycles. The summed E-state index contributed by atoms with van der Waals surface area (Å²) in [7, 11) is 0. The second-order valence-electron chi connectivity index (χ2n) is 3.21. The standard InChI is InChI=1S/C10H13N3/c1-7(2)13-10-4-3-8(6-11)5-9(10)12/h3-5,7,13H,12H2,1-2H3. The van der Waals surface area contributed by atoms with Crippen molar-refractivity contribution < 1.29 is 0 Å². The second kappa shape index (κ2) is 3.81. The molecule has 0 aliphatic carbocycles. The van der Waals surface area contributed by atoms with Crippen LogP contribution in [0, 0.1) is 11.3 Å². The third-order valence-corrected chi connectivity index (χ3v) is 1.62. The summed E-state index contributed by atoms with van der Waals surface area (Å²) >= 11 is 0. The van der Waals surface area contributed by atoms with Crippen molar-refractivity contribution in [2.24, 2.45) is 0 Å². The Morgan fingerprint density at radius 3 is 2.62 bits per heavy atom.